The second-order valence-corrected chi connectivity index (χ2v) is 6.19. The highest BCUT2D eigenvalue weighted by atomic mass is 32.2. The summed E-state index contributed by atoms with van der Waals surface area (Å²) in [4.78, 5) is 11.1. The minimum Gasteiger partial charge on any atom is -0.480 e. The van der Waals surface area contributed by atoms with E-state index in [-0.39, 0.29) is 11.5 Å². The summed E-state index contributed by atoms with van der Waals surface area (Å²) in [6, 6.07) is 0. The number of carboxylic acid groups (broad SMARTS) is 1. The molecule has 1 rings (SSSR count). The molecular weight excluding hydrogens is 218 g/mol. The average molecular weight is 235 g/mol. The molecule has 0 aliphatic carbocycles. The summed E-state index contributed by atoms with van der Waals surface area (Å²) in [6.07, 6.45) is 1.60. The molecule has 0 aromatic heterocycles. The third kappa shape index (κ3) is 2.92. The zero-order chi connectivity index (χ0) is 11.5. The van der Waals surface area contributed by atoms with Gasteiger partial charge in [-0.05, 0) is 25.8 Å². The molecule has 0 bridgehead atoms. The van der Waals surface area contributed by atoms with E-state index < -0.39 is 21.3 Å². The quantitative estimate of drug-likeness (QED) is 0.717. The first-order valence-electron chi connectivity index (χ1n) is 5.11. The molecule has 2 N–H and O–H groups in total. The second kappa shape index (κ2) is 4.49. The lowest BCUT2D eigenvalue weighted by molar-refractivity contribution is -0.144. The van der Waals surface area contributed by atoms with Crippen LogP contribution >= 0.6 is 0 Å². The smallest absolute Gasteiger partial charge is 0.324 e. The molecule has 0 aromatic rings. The van der Waals surface area contributed by atoms with Crippen molar-refractivity contribution in [1.29, 1.82) is 0 Å². The molecule has 0 amide bonds. The fourth-order valence-corrected chi connectivity index (χ4v) is 3.71. The topological polar surface area (TPSA) is 83.5 Å². The minimum absolute atomic E-state index is 0.107. The summed E-state index contributed by atoms with van der Waals surface area (Å²) in [5.74, 6) is -1.23. The van der Waals surface area contributed by atoms with Crippen LogP contribution in [-0.2, 0) is 14.6 Å². The Morgan fingerprint density at radius 1 is 1.53 bits per heavy atom. The fourth-order valence-electron chi connectivity index (χ4n) is 1.86. The summed E-state index contributed by atoms with van der Waals surface area (Å²) in [7, 11) is -3.21. The highest BCUT2D eigenvalue weighted by molar-refractivity contribution is 7.91. The fraction of sp³-hybridized carbons (Fsp3) is 0.889. The molecule has 5 nitrogen and oxygen atoms in total. The number of carbonyl (C=O) groups is 1. The van der Waals surface area contributed by atoms with Crippen LogP contribution in [-0.4, -0.2) is 43.1 Å². The van der Waals surface area contributed by atoms with Gasteiger partial charge in [0.05, 0.1) is 11.5 Å². The molecule has 6 heteroatoms. The van der Waals surface area contributed by atoms with E-state index in [9.17, 15) is 13.2 Å². The molecular formula is C9H17NO4S. The minimum atomic E-state index is -3.21. The lowest BCUT2D eigenvalue weighted by atomic mass is 9.95. The van der Waals surface area contributed by atoms with Crippen LogP contribution in [0.3, 0.4) is 0 Å². The lowest BCUT2D eigenvalue weighted by Gasteiger charge is -2.33. The Bertz CT molecular complexity index is 338. The van der Waals surface area contributed by atoms with E-state index in [1.165, 1.54) is 0 Å². The number of nitrogens with one attached hydrogen (secondary N) is 1. The first kappa shape index (κ1) is 12.4. The molecule has 15 heavy (non-hydrogen) atoms. The average Bonchev–Trinajstić information content (AvgIpc) is 2.13. The van der Waals surface area contributed by atoms with Gasteiger partial charge in [-0.1, -0.05) is 6.92 Å². The van der Waals surface area contributed by atoms with Crippen LogP contribution in [0.15, 0.2) is 0 Å². The van der Waals surface area contributed by atoms with Gasteiger partial charge in [0, 0.05) is 0 Å². The van der Waals surface area contributed by atoms with E-state index in [4.69, 9.17) is 5.11 Å². The van der Waals surface area contributed by atoms with E-state index in [0.717, 1.165) is 6.42 Å². The second-order valence-electron chi connectivity index (χ2n) is 4.01. The van der Waals surface area contributed by atoms with Crippen LogP contribution in [0.25, 0.3) is 0 Å². The SMILES string of the molecule is CCCNC1(C(=O)O)CCCS(=O)(=O)C1. The van der Waals surface area contributed by atoms with Gasteiger partial charge in [-0.25, -0.2) is 8.42 Å². The molecule has 1 saturated heterocycles. The Balaban J connectivity index is 2.85. The van der Waals surface area contributed by atoms with E-state index >= 15 is 0 Å². The lowest BCUT2D eigenvalue weighted by Crippen LogP contribution is -2.59. The largest absolute Gasteiger partial charge is 0.480 e. The number of aliphatic carboxylic acids is 1. The Kier molecular flexibility index (Phi) is 3.72. The van der Waals surface area contributed by atoms with Crippen LogP contribution in [0.1, 0.15) is 26.2 Å². The summed E-state index contributed by atoms with van der Waals surface area (Å²) < 4.78 is 22.9. The molecule has 1 aliphatic rings. The number of hydrogen-bond acceptors (Lipinski definition) is 4. The van der Waals surface area contributed by atoms with E-state index in [1.54, 1.807) is 0 Å². The Morgan fingerprint density at radius 2 is 2.20 bits per heavy atom. The predicted octanol–water partition coefficient (Wildman–Crippen LogP) is 0.0180. The molecule has 1 fully saturated rings. The van der Waals surface area contributed by atoms with Crippen molar-refractivity contribution in [3.8, 4) is 0 Å². The van der Waals surface area contributed by atoms with Crippen molar-refractivity contribution in [2.45, 2.75) is 31.7 Å². The van der Waals surface area contributed by atoms with Gasteiger partial charge in [0.2, 0.25) is 0 Å². The van der Waals surface area contributed by atoms with Crippen LogP contribution in [0, 0.1) is 0 Å². The molecule has 0 spiro atoms. The summed E-state index contributed by atoms with van der Waals surface area (Å²) in [6.45, 7) is 2.45. The summed E-state index contributed by atoms with van der Waals surface area (Å²) >= 11 is 0. The molecule has 0 saturated carbocycles. The van der Waals surface area contributed by atoms with E-state index in [1.807, 2.05) is 6.92 Å². The van der Waals surface area contributed by atoms with Crippen LogP contribution in [0.4, 0.5) is 0 Å². The van der Waals surface area contributed by atoms with E-state index in [0.29, 0.717) is 19.4 Å². The van der Waals surface area contributed by atoms with Crippen LogP contribution in [0.2, 0.25) is 0 Å². The number of rotatable bonds is 4. The monoisotopic (exact) mass is 235 g/mol. The first-order valence-corrected chi connectivity index (χ1v) is 6.93. The van der Waals surface area contributed by atoms with E-state index in [2.05, 4.69) is 5.32 Å². The molecule has 1 heterocycles. The Labute approximate surface area is 89.8 Å². The number of carboxylic acids is 1. The first-order chi connectivity index (χ1) is 6.92. The maximum absolute atomic E-state index is 11.4. The van der Waals surface area contributed by atoms with Gasteiger partial charge in [-0.15, -0.1) is 0 Å². The van der Waals surface area contributed by atoms with Gasteiger partial charge in [0.1, 0.15) is 5.54 Å². The van der Waals surface area contributed by atoms with Crippen molar-refractivity contribution in [3.63, 3.8) is 0 Å². The normalized spacial score (nSPS) is 29.9. The van der Waals surface area contributed by atoms with Gasteiger partial charge in [-0.3, -0.25) is 4.79 Å². The third-order valence-electron chi connectivity index (χ3n) is 2.65. The Hall–Kier alpha value is -0.620. The maximum Gasteiger partial charge on any atom is 0.324 e. The molecule has 0 aromatic carbocycles. The predicted molar refractivity (Wildman–Crippen MR) is 56.5 cm³/mol. The molecule has 1 unspecified atom stereocenters. The molecule has 1 atom stereocenters. The van der Waals surface area contributed by atoms with Crippen LogP contribution in [0.5, 0.6) is 0 Å². The van der Waals surface area contributed by atoms with Crippen LogP contribution < -0.4 is 5.32 Å². The Morgan fingerprint density at radius 3 is 2.67 bits per heavy atom. The number of sulfone groups is 1. The van der Waals surface area contributed by atoms with Crippen molar-refractivity contribution in [2.24, 2.45) is 0 Å². The van der Waals surface area contributed by atoms with Crippen molar-refractivity contribution >= 4 is 15.8 Å². The maximum atomic E-state index is 11.4. The van der Waals surface area contributed by atoms with Crippen molar-refractivity contribution < 1.29 is 18.3 Å². The van der Waals surface area contributed by atoms with Crippen molar-refractivity contribution in [3.05, 3.63) is 0 Å². The zero-order valence-electron chi connectivity index (χ0n) is 8.82. The molecule has 0 radical (unpaired) electrons. The van der Waals surface area contributed by atoms with Gasteiger partial charge in [0.25, 0.3) is 0 Å². The standard InChI is InChI=1S/C9H17NO4S/c1-2-5-10-9(8(11)12)4-3-6-15(13,14)7-9/h10H,2-7H2,1H3,(H,11,12). The number of hydrogen-bond donors (Lipinski definition) is 2. The summed E-state index contributed by atoms with van der Waals surface area (Å²) in [5, 5.41) is 12.0. The highest BCUT2D eigenvalue weighted by Crippen LogP contribution is 2.23. The molecule has 1 aliphatic heterocycles. The van der Waals surface area contributed by atoms with Crippen molar-refractivity contribution in [2.75, 3.05) is 18.1 Å². The van der Waals surface area contributed by atoms with Gasteiger partial charge >= 0.3 is 5.97 Å². The van der Waals surface area contributed by atoms with Gasteiger partial charge < -0.3 is 10.4 Å². The highest BCUT2D eigenvalue weighted by Gasteiger charge is 2.44. The van der Waals surface area contributed by atoms with Gasteiger partial charge in [-0.2, -0.15) is 0 Å². The third-order valence-corrected chi connectivity index (χ3v) is 4.49. The summed E-state index contributed by atoms with van der Waals surface area (Å²) in [5.41, 5.74) is -1.26. The van der Waals surface area contributed by atoms with Crippen molar-refractivity contribution in [1.82, 2.24) is 5.32 Å². The van der Waals surface area contributed by atoms with Gasteiger partial charge in [0.15, 0.2) is 9.84 Å². The zero-order valence-corrected chi connectivity index (χ0v) is 9.64. The molecule has 88 valence electrons.